The van der Waals surface area contributed by atoms with Crippen LogP contribution in [-0.4, -0.2) is 31.6 Å². The largest absolute Gasteiger partial charge is 0.493 e. The molecule has 1 rings (SSSR count). The number of hydrogen-bond donors (Lipinski definition) is 2. The van der Waals surface area contributed by atoms with Crippen molar-refractivity contribution in [2.75, 3.05) is 19.8 Å². The highest BCUT2D eigenvalue weighted by atomic mass is 16.5. The first-order valence-corrected chi connectivity index (χ1v) is 8.63. The zero-order valence-electron chi connectivity index (χ0n) is 15.9. The molecule has 6 nitrogen and oxygen atoms in total. The lowest BCUT2D eigenvalue weighted by atomic mass is 9.87. The van der Waals surface area contributed by atoms with Gasteiger partial charge in [0.25, 0.3) is 5.91 Å². The molecule has 0 aliphatic heterocycles. The first kappa shape index (κ1) is 21.0. The van der Waals surface area contributed by atoms with Crippen molar-refractivity contribution in [2.24, 2.45) is 5.41 Å². The summed E-state index contributed by atoms with van der Waals surface area (Å²) in [5.74, 6) is 0.277. The minimum absolute atomic E-state index is 0.0686. The molecular formula is C19H30N2O4. The Morgan fingerprint density at radius 1 is 1.16 bits per heavy atom. The molecule has 25 heavy (non-hydrogen) atoms. The van der Waals surface area contributed by atoms with E-state index in [-0.39, 0.29) is 18.4 Å². The van der Waals surface area contributed by atoms with Crippen molar-refractivity contribution >= 4 is 11.8 Å². The molecule has 0 bridgehead atoms. The molecule has 0 aromatic heterocycles. The maximum atomic E-state index is 12.2. The van der Waals surface area contributed by atoms with Crippen LogP contribution in [0.4, 0.5) is 0 Å². The molecule has 1 aromatic carbocycles. The first-order chi connectivity index (χ1) is 11.8. The van der Waals surface area contributed by atoms with E-state index in [1.165, 1.54) is 0 Å². The van der Waals surface area contributed by atoms with E-state index < -0.39 is 5.41 Å². The fraction of sp³-hybridized carbons (Fsp3) is 0.579. The van der Waals surface area contributed by atoms with Gasteiger partial charge in [-0.1, -0.05) is 26.0 Å². The van der Waals surface area contributed by atoms with Gasteiger partial charge in [0.1, 0.15) is 12.4 Å². The van der Waals surface area contributed by atoms with E-state index in [9.17, 15) is 9.59 Å². The number of aryl methyl sites for hydroxylation is 2. The summed E-state index contributed by atoms with van der Waals surface area (Å²) in [6.07, 6.45) is 1.38. The number of ether oxygens (including phenoxy) is 2. The van der Waals surface area contributed by atoms with Crippen LogP contribution in [0.25, 0.3) is 0 Å². The highest BCUT2D eigenvalue weighted by Crippen LogP contribution is 2.24. The number of nitrogens with one attached hydrogen (secondary N) is 2. The number of carbonyl (C=O) groups is 2. The predicted octanol–water partition coefficient (Wildman–Crippen LogP) is 2.67. The lowest BCUT2D eigenvalue weighted by Crippen LogP contribution is -2.48. The van der Waals surface area contributed by atoms with Crippen LogP contribution in [0.5, 0.6) is 5.75 Å². The Hall–Kier alpha value is -2.08. The Morgan fingerprint density at radius 3 is 2.56 bits per heavy atom. The summed E-state index contributed by atoms with van der Waals surface area (Å²) in [6.45, 7) is 10.4. The van der Waals surface area contributed by atoms with E-state index in [0.29, 0.717) is 19.6 Å². The third-order valence-electron chi connectivity index (χ3n) is 3.91. The van der Waals surface area contributed by atoms with Crippen LogP contribution in [0.15, 0.2) is 18.2 Å². The SMILES string of the molecule is CCOCC(=O)NNC(=O)C(C)(C)CCCOc1cc(C)ccc1C. The van der Waals surface area contributed by atoms with E-state index >= 15 is 0 Å². The number of carbonyl (C=O) groups excluding carboxylic acids is 2. The highest BCUT2D eigenvalue weighted by Gasteiger charge is 2.27. The van der Waals surface area contributed by atoms with E-state index in [1.807, 2.05) is 39.8 Å². The summed E-state index contributed by atoms with van der Waals surface area (Å²) in [4.78, 5) is 23.6. The second-order valence-electron chi connectivity index (χ2n) is 6.74. The Labute approximate surface area is 150 Å². The van der Waals surface area contributed by atoms with Crippen molar-refractivity contribution in [1.82, 2.24) is 10.9 Å². The van der Waals surface area contributed by atoms with Gasteiger partial charge < -0.3 is 9.47 Å². The lowest BCUT2D eigenvalue weighted by molar-refractivity contribution is -0.136. The highest BCUT2D eigenvalue weighted by molar-refractivity contribution is 5.85. The van der Waals surface area contributed by atoms with Crippen LogP contribution in [0.2, 0.25) is 0 Å². The van der Waals surface area contributed by atoms with E-state index in [0.717, 1.165) is 23.3 Å². The third kappa shape index (κ3) is 7.56. The van der Waals surface area contributed by atoms with Crippen LogP contribution in [-0.2, 0) is 14.3 Å². The molecule has 0 fully saturated rings. The zero-order chi connectivity index (χ0) is 18.9. The van der Waals surface area contributed by atoms with Gasteiger partial charge in [-0.15, -0.1) is 0 Å². The van der Waals surface area contributed by atoms with E-state index in [1.54, 1.807) is 6.92 Å². The van der Waals surface area contributed by atoms with Gasteiger partial charge in [0.15, 0.2) is 0 Å². The summed E-state index contributed by atoms with van der Waals surface area (Å²) < 4.78 is 10.8. The lowest BCUT2D eigenvalue weighted by Gasteiger charge is -2.23. The number of rotatable bonds is 9. The molecule has 1 aromatic rings. The molecule has 0 saturated carbocycles. The number of hydrogen-bond acceptors (Lipinski definition) is 4. The number of benzene rings is 1. The summed E-state index contributed by atoms with van der Waals surface area (Å²) in [7, 11) is 0. The second kappa shape index (κ2) is 10.0. The molecule has 0 aliphatic rings. The first-order valence-electron chi connectivity index (χ1n) is 8.63. The third-order valence-corrected chi connectivity index (χ3v) is 3.91. The Kier molecular flexibility index (Phi) is 8.41. The van der Waals surface area contributed by atoms with E-state index in [2.05, 4.69) is 16.9 Å². The summed E-state index contributed by atoms with van der Waals surface area (Å²) in [5.41, 5.74) is 6.45. The Balaban J connectivity index is 2.35. The van der Waals surface area contributed by atoms with Gasteiger partial charge >= 0.3 is 0 Å². The minimum Gasteiger partial charge on any atom is -0.493 e. The molecule has 0 heterocycles. The van der Waals surface area contributed by atoms with Crippen LogP contribution in [0.3, 0.4) is 0 Å². The monoisotopic (exact) mass is 350 g/mol. The normalized spacial score (nSPS) is 11.1. The van der Waals surface area contributed by atoms with Crippen LogP contribution >= 0.6 is 0 Å². The van der Waals surface area contributed by atoms with Crippen molar-refractivity contribution < 1.29 is 19.1 Å². The second-order valence-corrected chi connectivity index (χ2v) is 6.74. The molecule has 0 spiro atoms. The average molecular weight is 350 g/mol. The van der Waals surface area contributed by atoms with Crippen LogP contribution in [0.1, 0.15) is 44.7 Å². The maximum Gasteiger partial charge on any atom is 0.264 e. The minimum atomic E-state index is -0.607. The molecule has 0 aliphatic carbocycles. The molecular weight excluding hydrogens is 320 g/mol. The average Bonchev–Trinajstić information content (AvgIpc) is 2.57. The molecule has 140 valence electrons. The van der Waals surface area contributed by atoms with Gasteiger partial charge in [0.2, 0.25) is 5.91 Å². The van der Waals surface area contributed by atoms with Crippen molar-refractivity contribution in [1.29, 1.82) is 0 Å². The summed E-state index contributed by atoms with van der Waals surface area (Å²) in [5, 5.41) is 0. The van der Waals surface area contributed by atoms with Gasteiger partial charge in [0, 0.05) is 12.0 Å². The van der Waals surface area contributed by atoms with Crippen LogP contribution < -0.4 is 15.6 Å². The van der Waals surface area contributed by atoms with Gasteiger partial charge in [-0.2, -0.15) is 0 Å². The summed E-state index contributed by atoms with van der Waals surface area (Å²) >= 11 is 0. The maximum absolute atomic E-state index is 12.2. The topological polar surface area (TPSA) is 76.7 Å². The summed E-state index contributed by atoms with van der Waals surface area (Å²) in [6, 6.07) is 6.10. The van der Waals surface area contributed by atoms with Crippen LogP contribution in [0, 0.1) is 19.3 Å². The molecule has 0 saturated heterocycles. The predicted molar refractivity (Wildman–Crippen MR) is 97.2 cm³/mol. The fourth-order valence-electron chi connectivity index (χ4n) is 2.20. The Morgan fingerprint density at radius 2 is 1.88 bits per heavy atom. The van der Waals surface area contributed by atoms with Gasteiger partial charge in [-0.25, -0.2) is 0 Å². The van der Waals surface area contributed by atoms with Crippen molar-refractivity contribution in [3.8, 4) is 5.75 Å². The molecule has 6 heteroatoms. The molecule has 0 atom stereocenters. The molecule has 2 N–H and O–H groups in total. The smallest absolute Gasteiger partial charge is 0.264 e. The molecule has 2 amide bonds. The molecule has 0 radical (unpaired) electrons. The number of amides is 2. The quantitative estimate of drug-likeness (QED) is 0.530. The Bertz CT molecular complexity index is 585. The van der Waals surface area contributed by atoms with Gasteiger partial charge in [0.05, 0.1) is 6.61 Å². The molecule has 0 unspecified atom stereocenters. The van der Waals surface area contributed by atoms with Gasteiger partial charge in [-0.3, -0.25) is 20.4 Å². The van der Waals surface area contributed by atoms with E-state index in [4.69, 9.17) is 9.47 Å². The fourth-order valence-corrected chi connectivity index (χ4v) is 2.20. The van der Waals surface area contributed by atoms with Gasteiger partial charge in [-0.05, 0) is 50.8 Å². The zero-order valence-corrected chi connectivity index (χ0v) is 15.9. The number of hydrazine groups is 1. The standard InChI is InChI=1S/C19H30N2O4/c1-6-24-13-17(22)20-21-18(23)19(4,5)10-7-11-25-16-12-14(2)8-9-15(16)3/h8-9,12H,6-7,10-11,13H2,1-5H3,(H,20,22)(H,21,23). The van der Waals surface area contributed by atoms with Crippen molar-refractivity contribution in [3.63, 3.8) is 0 Å². The van der Waals surface area contributed by atoms with Crippen molar-refractivity contribution in [2.45, 2.75) is 47.5 Å². The van der Waals surface area contributed by atoms with Crippen molar-refractivity contribution in [3.05, 3.63) is 29.3 Å².